The zero-order valence-corrected chi connectivity index (χ0v) is 17.1. The lowest BCUT2D eigenvalue weighted by Gasteiger charge is -2.16. The minimum absolute atomic E-state index is 0.114. The van der Waals surface area contributed by atoms with Crippen LogP contribution in [0, 0.1) is 6.92 Å². The molecule has 1 saturated heterocycles. The van der Waals surface area contributed by atoms with Gasteiger partial charge in [-0.05, 0) is 56.2 Å². The number of nitrogens with one attached hydrogen (secondary N) is 1. The third-order valence-corrected chi connectivity index (χ3v) is 4.72. The van der Waals surface area contributed by atoms with Gasteiger partial charge in [-0.25, -0.2) is 0 Å². The monoisotopic (exact) mass is 410 g/mol. The Hall–Kier alpha value is -3.35. The van der Waals surface area contributed by atoms with E-state index in [2.05, 4.69) is 5.32 Å². The van der Waals surface area contributed by atoms with Gasteiger partial charge in [0.25, 0.3) is 5.91 Å². The second kappa shape index (κ2) is 10.4. The fourth-order valence-corrected chi connectivity index (χ4v) is 3.10. The van der Waals surface area contributed by atoms with Crippen LogP contribution < -0.4 is 15.0 Å². The van der Waals surface area contributed by atoms with E-state index in [1.54, 1.807) is 29.2 Å². The van der Waals surface area contributed by atoms with Crippen molar-refractivity contribution in [1.29, 1.82) is 0 Å². The van der Waals surface area contributed by atoms with Gasteiger partial charge in [0.05, 0.1) is 6.61 Å². The molecule has 0 aromatic heterocycles. The van der Waals surface area contributed by atoms with Gasteiger partial charge in [0.2, 0.25) is 5.91 Å². The summed E-state index contributed by atoms with van der Waals surface area (Å²) in [5.74, 6) is 0.0150. The number of anilines is 2. The molecular weight excluding hydrogens is 384 g/mol. The van der Waals surface area contributed by atoms with Crippen molar-refractivity contribution in [2.75, 3.05) is 30.0 Å². The van der Waals surface area contributed by atoms with E-state index in [1.807, 2.05) is 31.2 Å². The van der Waals surface area contributed by atoms with Crippen LogP contribution in [0.15, 0.2) is 48.5 Å². The molecule has 0 atom stereocenters. The topological polar surface area (TPSA) is 84.9 Å². The van der Waals surface area contributed by atoms with Crippen LogP contribution in [-0.4, -0.2) is 37.5 Å². The minimum Gasteiger partial charge on any atom is -0.494 e. The van der Waals surface area contributed by atoms with E-state index >= 15 is 0 Å². The Kier molecular flexibility index (Phi) is 7.43. The maximum atomic E-state index is 12.0. The van der Waals surface area contributed by atoms with Crippen molar-refractivity contribution < 1.29 is 23.9 Å². The first-order chi connectivity index (χ1) is 14.5. The Balaban J connectivity index is 1.32. The van der Waals surface area contributed by atoms with Crippen LogP contribution in [0.4, 0.5) is 11.4 Å². The van der Waals surface area contributed by atoms with Gasteiger partial charge in [-0.15, -0.1) is 0 Å². The lowest BCUT2D eigenvalue weighted by molar-refractivity contribution is -0.147. The van der Waals surface area contributed by atoms with Crippen molar-refractivity contribution >= 4 is 29.2 Å². The zero-order chi connectivity index (χ0) is 21.3. The Morgan fingerprint density at radius 3 is 2.47 bits per heavy atom. The maximum Gasteiger partial charge on any atom is 0.306 e. The third-order valence-electron chi connectivity index (χ3n) is 4.72. The van der Waals surface area contributed by atoms with E-state index in [9.17, 15) is 14.4 Å². The number of esters is 1. The molecular formula is C23H26N2O5. The number of amides is 2. The van der Waals surface area contributed by atoms with Crippen LogP contribution in [0.1, 0.15) is 31.2 Å². The molecule has 0 unspecified atom stereocenters. The number of benzene rings is 2. The predicted molar refractivity (Wildman–Crippen MR) is 114 cm³/mol. The predicted octanol–water partition coefficient (Wildman–Crippen LogP) is 3.46. The van der Waals surface area contributed by atoms with Crippen LogP contribution >= 0.6 is 0 Å². The third kappa shape index (κ3) is 6.34. The summed E-state index contributed by atoms with van der Waals surface area (Å²) in [6.45, 7) is 2.78. The fourth-order valence-electron chi connectivity index (χ4n) is 3.10. The Bertz CT molecular complexity index is 877. The summed E-state index contributed by atoms with van der Waals surface area (Å²) in [7, 11) is 0. The number of carbonyl (C=O) groups is 3. The summed E-state index contributed by atoms with van der Waals surface area (Å²) in [5, 5.41) is 2.68. The molecule has 0 spiro atoms. The Morgan fingerprint density at radius 2 is 1.80 bits per heavy atom. The summed E-state index contributed by atoms with van der Waals surface area (Å²) in [5.41, 5.74) is 2.55. The van der Waals surface area contributed by atoms with Crippen LogP contribution in [0.25, 0.3) is 0 Å². The Labute approximate surface area is 176 Å². The van der Waals surface area contributed by atoms with Crippen LogP contribution in [0.5, 0.6) is 5.75 Å². The number of aryl methyl sites for hydroxylation is 1. The van der Waals surface area contributed by atoms with Crippen molar-refractivity contribution in [2.45, 2.75) is 32.6 Å². The summed E-state index contributed by atoms with van der Waals surface area (Å²) in [6.07, 6.45) is 2.12. The van der Waals surface area contributed by atoms with Gasteiger partial charge in [-0.1, -0.05) is 17.7 Å². The number of nitrogens with zero attached hydrogens (tertiary/aromatic N) is 1. The highest BCUT2D eigenvalue weighted by molar-refractivity contribution is 5.96. The SMILES string of the molecule is Cc1ccc(OCCCC(=O)OCC(=O)Nc2ccc(N3CCCC3=O)cc2)cc1. The molecule has 2 aromatic carbocycles. The smallest absolute Gasteiger partial charge is 0.306 e. The van der Waals surface area contributed by atoms with Crippen molar-refractivity contribution in [1.82, 2.24) is 0 Å². The van der Waals surface area contributed by atoms with Crippen LogP contribution in [-0.2, 0) is 19.1 Å². The Morgan fingerprint density at radius 1 is 1.07 bits per heavy atom. The molecule has 1 fully saturated rings. The molecule has 30 heavy (non-hydrogen) atoms. The lowest BCUT2D eigenvalue weighted by Crippen LogP contribution is -2.23. The first-order valence-electron chi connectivity index (χ1n) is 10.1. The number of rotatable bonds is 9. The van der Waals surface area contributed by atoms with E-state index < -0.39 is 11.9 Å². The molecule has 1 N–H and O–H groups in total. The molecule has 7 nitrogen and oxygen atoms in total. The van der Waals surface area contributed by atoms with Gasteiger partial charge in [-0.3, -0.25) is 14.4 Å². The first-order valence-corrected chi connectivity index (χ1v) is 10.1. The molecule has 1 aliphatic rings. The second-order valence-electron chi connectivity index (χ2n) is 7.17. The molecule has 0 saturated carbocycles. The van der Waals surface area contributed by atoms with Crippen molar-refractivity contribution in [3.05, 3.63) is 54.1 Å². The molecule has 0 bridgehead atoms. The van der Waals surface area contributed by atoms with E-state index in [1.165, 1.54) is 0 Å². The highest BCUT2D eigenvalue weighted by Crippen LogP contribution is 2.23. The normalized spacial score (nSPS) is 13.2. The summed E-state index contributed by atoms with van der Waals surface area (Å²) in [4.78, 5) is 37.3. The summed E-state index contributed by atoms with van der Waals surface area (Å²) in [6, 6.07) is 14.7. The largest absolute Gasteiger partial charge is 0.494 e. The highest BCUT2D eigenvalue weighted by atomic mass is 16.5. The van der Waals surface area contributed by atoms with Crippen molar-refractivity contribution in [3.63, 3.8) is 0 Å². The standard InChI is InChI=1S/C23H26N2O5/c1-17-6-12-20(13-7-17)29-15-3-5-23(28)30-16-21(26)24-18-8-10-19(11-9-18)25-14-2-4-22(25)27/h6-13H,2-5,14-16H2,1H3,(H,24,26). The van der Waals surface area contributed by atoms with Crippen molar-refractivity contribution in [2.24, 2.45) is 0 Å². The first kappa shape index (κ1) is 21.4. The van der Waals surface area contributed by atoms with Gasteiger partial charge in [0.15, 0.2) is 6.61 Å². The quantitative estimate of drug-likeness (QED) is 0.505. The van der Waals surface area contributed by atoms with E-state index in [4.69, 9.17) is 9.47 Å². The molecule has 2 amide bonds. The molecule has 158 valence electrons. The number of hydrogen-bond donors (Lipinski definition) is 1. The van der Waals surface area contributed by atoms with E-state index in [-0.39, 0.29) is 18.9 Å². The van der Waals surface area contributed by atoms with Gasteiger partial charge in [0, 0.05) is 30.8 Å². The molecule has 2 aromatic rings. The highest BCUT2D eigenvalue weighted by Gasteiger charge is 2.21. The second-order valence-corrected chi connectivity index (χ2v) is 7.17. The molecule has 0 radical (unpaired) electrons. The average molecular weight is 410 g/mol. The van der Waals surface area contributed by atoms with E-state index in [0.717, 1.165) is 30.0 Å². The molecule has 7 heteroatoms. The van der Waals surface area contributed by atoms with Crippen LogP contribution in [0.2, 0.25) is 0 Å². The zero-order valence-electron chi connectivity index (χ0n) is 17.1. The summed E-state index contributed by atoms with van der Waals surface area (Å²) < 4.78 is 10.6. The van der Waals surface area contributed by atoms with E-state index in [0.29, 0.717) is 25.1 Å². The lowest BCUT2D eigenvalue weighted by atomic mass is 10.2. The molecule has 3 rings (SSSR count). The molecule has 0 aliphatic carbocycles. The van der Waals surface area contributed by atoms with Gasteiger partial charge >= 0.3 is 5.97 Å². The number of hydrogen-bond acceptors (Lipinski definition) is 5. The van der Waals surface area contributed by atoms with Gasteiger partial charge in [-0.2, -0.15) is 0 Å². The van der Waals surface area contributed by atoms with Crippen molar-refractivity contribution in [3.8, 4) is 5.75 Å². The minimum atomic E-state index is -0.444. The molecule has 1 aliphatic heterocycles. The number of ether oxygens (including phenoxy) is 2. The maximum absolute atomic E-state index is 12.0. The molecule has 1 heterocycles. The number of carbonyl (C=O) groups excluding carboxylic acids is 3. The summed E-state index contributed by atoms with van der Waals surface area (Å²) >= 11 is 0. The fraction of sp³-hybridized carbons (Fsp3) is 0.348. The average Bonchev–Trinajstić information content (AvgIpc) is 3.17. The van der Waals surface area contributed by atoms with Crippen LogP contribution in [0.3, 0.4) is 0 Å². The van der Waals surface area contributed by atoms with Gasteiger partial charge < -0.3 is 19.7 Å². The van der Waals surface area contributed by atoms with Gasteiger partial charge in [0.1, 0.15) is 5.75 Å².